The molecule has 0 saturated carbocycles. The van der Waals surface area contributed by atoms with E-state index >= 15 is 0 Å². The topological polar surface area (TPSA) is 77.3 Å². The Kier molecular flexibility index (Phi) is 10.7. The van der Waals surface area contributed by atoms with Crippen LogP contribution >= 0.6 is 24.4 Å². The average molecular weight is 401 g/mol. The Bertz CT molecular complexity index is 548. The van der Waals surface area contributed by atoms with Crippen LogP contribution in [0.4, 0.5) is 0 Å². The summed E-state index contributed by atoms with van der Waals surface area (Å²) in [6.45, 7) is 11.1. The van der Waals surface area contributed by atoms with Crippen molar-refractivity contribution in [2.45, 2.75) is 65.5 Å². The number of rotatable bonds is 11. The summed E-state index contributed by atoms with van der Waals surface area (Å²) in [7, 11) is 0. The van der Waals surface area contributed by atoms with Crippen molar-refractivity contribution in [2.24, 2.45) is 21.8 Å². The summed E-state index contributed by atoms with van der Waals surface area (Å²) in [5.41, 5.74) is -3.53. The Hall–Kier alpha value is -1.46. The summed E-state index contributed by atoms with van der Waals surface area (Å²) in [4.78, 5) is 33.4. The molecule has 4 atom stereocenters. The fourth-order valence-electron chi connectivity index (χ4n) is 1.84. The van der Waals surface area contributed by atoms with E-state index in [0.29, 0.717) is 0 Å². The van der Waals surface area contributed by atoms with Gasteiger partial charge in [-0.25, -0.2) is 19.6 Å². The van der Waals surface area contributed by atoms with E-state index in [2.05, 4.69) is 44.7 Å². The molecule has 0 saturated heterocycles. The molecule has 0 aromatic carbocycles. The Morgan fingerprint density at radius 3 is 1.42 bits per heavy atom. The number of esters is 2. The standard InChI is InChI=1S/C18H28N2O4S2/c1-7-13(3)9-23-15(21)17(5,19-11-25)18(6,20-12-26)16(22)24-10-14(4)8-2/h13-14H,7-10H2,1-6H3/t13-,14-,17?,18?/m0/s1. The van der Waals surface area contributed by atoms with E-state index in [-0.39, 0.29) is 25.0 Å². The minimum absolute atomic E-state index is 0.164. The van der Waals surface area contributed by atoms with Crippen LogP contribution in [-0.4, -0.2) is 46.6 Å². The number of hydrogen-bond donors (Lipinski definition) is 0. The van der Waals surface area contributed by atoms with Crippen LogP contribution in [0.15, 0.2) is 9.98 Å². The summed E-state index contributed by atoms with van der Waals surface area (Å²) in [5, 5.41) is 4.33. The third-order valence-electron chi connectivity index (χ3n) is 4.67. The monoisotopic (exact) mass is 400 g/mol. The molecule has 0 aromatic rings. The molecule has 0 N–H and O–H groups in total. The Balaban J connectivity index is 5.80. The number of nitrogens with zero attached hydrogens (tertiary/aromatic N) is 2. The zero-order valence-corrected chi connectivity index (χ0v) is 18.0. The van der Waals surface area contributed by atoms with Crippen LogP contribution in [-0.2, 0) is 19.1 Å². The Labute approximate surface area is 166 Å². The summed E-state index contributed by atoms with van der Waals surface area (Å²) < 4.78 is 10.7. The van der Waals surface area contributed by atoms with Gasteiger partial charge in [0.1, 0.15) is 0 Å². The van der Waals surface area contributed by atoms with Gasteiger partial charge < -0.3 is 9.47 Å². The molecule has 0 fully saturated rings. The van der Waals surface area contributed by atoms with Crippen molar-refractivity contribution in [3.63, 3.8) is 0 Å². The third kappa shape index (κ3) is 6.06. The fraction of sp³-hybridized carbons (Fsp3) is 0.778. The number of isothiocyanates is 2. The number of hydrogen-bond acceptors (Lipinski definition) is 8. The third-order valence-corrected chi connectivity index (χ3v) is 4.86. The molecule has 0 radical (unpaired) electrons. The second-order valence-electron chi connectivity index (χ2n) is 6.77. The molecular weight excluding hydrogens is 372 g/mol. The zero-order valence-electron chi connectivity index (χ0n) is 16.3. The highest BCUT2D eigenvalue weighted by Crippen LogP contribution is 2.33. The molecular formula is C18H28N2O4S2. The summed E-state index contributed by atoms with van der Waals surface area (Å²) in [6, 6.07) is 0. The van der Waals surface area contributed by atoms with Crippen LogP contribution in [0.25, 0.3) is 0 Å². The van der Waals surface area contributed by atoms with Gasteiger partial charge >= 0.3 is 11.9 Å². The highest BCUT2D eigenvalue weighted by molar-refractivity contribution is 7.78. The largest absolute Gasteiger partial charge is 0.464 e. The van der Waals surface area contributed by atoms with E-state index in [4.69, 9.17) is 9.47 Å². The van der Waals surface area contributed by atoms with Crippen LogP contribution in [0.3, 0.4) is 0 Å². The van der Waals surface area contributed by atoms with Crippen LogP contribution < -0.4 is 0 Å². The van der Waals surface area contributed by atoms with Crippen molar-refractivity contribution in [3.8, 4) is 0 Å². The molecule has 0 aliphatic rings. The van der Waals surface area contributed by atoms with Gasteiger partial charge in [-0.05, 0) is 50.1 Å². The molecule has 6 nitrogen and oxygen atoms in total. The van der Waals surface area contributed by atoms with Gasteiger partial charge in [-0.2, -0.15) is 0 Å². The first-order chi connectivity index (χ1) is 12.1. The summed E-state index contributed by atoms with van der Waals surface area (Å²) in [5.74, 6) is -1.16. The molecule has 146 valence electrons. The quantitative estimate of drug-likeness (QED) is 0.297. The van der Waals surface area contributed by atoms with Gasteiger partial charge in [-0.15, -0.1) is 0 Å². The molecule has 2 unspecified atom stereocenters. The van der Waals surface area contributed by atoms with Gasteiger partial charge in [0.25, 0.3) is 0 Å². The van der Waals surface area contributed by atoms with E-state index in [9.17, 15) is 9.59 Å². The van der Waals surface area contributed by atoms with Crippen molar-refractivity contribution < 1.29 is 19.1 Å². The molecule has 0 spiro atoms. The van der Waals surface area contributed by atoms with Crippen LogP contribution in [0.5, 0.6) is 0 Å². The van der Waals surface area contributed by atoms with E-state index in [1.54, 1.807) is 0 Å². The minimum Gasteiger partial charge on any atom is -0.464 e. The number of ether oxygens (including phenoxy) is 2. The lowest BCUT2D eigenvalue weighted by Gasteiger charge is -2.35. The second-order valence-corrected chi connectivity index (χ2v) is 7.14. The zero-order chi connectivity index (χ0) is 20.4. The van der Waals surface area contributed by atoms with E-state index in [1.165, 1.54) is 13.8 Å². The van der Waals surface area contributed by atoms with Gasteiger partial charge in [0.05, 0.1) is 23.5 Å². The maximum Gasteiger partial charge on any atom is 0.337 e. The normalized spacial score (nSPS) is 17.3. The van der Waals surface area contributed by atoms with Crippen molar-refractivity contribution in [1.29, 1.82) is 0 Å². The van der Waals surface area contributed by atoms with E-state index < -0.39 is 23.0 Å². The molecule has 0 heterocycles. The first-order valence-electron chi connectivity index (χ1n) is 8.65. The van der Waals surface area contributed by atoms with Gasteiger partial charge in [-0.1, -0.05) is 40.5 Å². The van der Waals surface area contributed by atoms with Crippen LogP contribution in [0, 0.1) is 11.8 Å². The Morgan fingerprint density at radius 1 is 0.885 bits per heavy atom. The lowest BCUT2D eigenvalue weighted by molar-refractivity contribution is -0.164. The maximum absolute atomic E-state index is 12.8. The molecule has 0 aliphatic carbocycles. The predicted octanol–water partition coefficient (Wildman–Crippen LogP) is 3.89. The van der Waals surface area contributed by atoms with Crippen molar-refractivity contribution >= 4 is 46.7 Å². The van der Waals surface area contributed by atoms with Crippen LogP contribution in [0.1, 0.15) is 54.4 Å². The van der Waals surface area contributed by atoms with Crippen LogP contribution in [0.2, 0.25) is 0 Å². The molecule has 8 heteroatoms. The van der Waals surface area contributed by atoms with Gasteiger partial charge in [-0.3, -0.25) is 0 Å². The summed E-state index contributed by atoms with van der Waals surface area (Å²) >= 11 is 9.36. The smallest absolute Gasteiger partial charge is 0.337 e. The van der Waals surface area contributed by atoms with E-state index in [1.807, 2.05) is 27.7 Å². The lowest BCUT2D eigenvalue weighted by Crippen LogP contribution is -2.59. The highest BCUT2D eigenvalue weighted by atomic mass is 32.1. The molecule has 0 aliphatic heterocycles. The fourth-order valence-corrected chi connectivity index (χ4v) is 2.21. The predicted molar refractivity (Wildman–Crippen MR) is 108 cm³/mol. The van der Waals surface area contributed by atoms with Gasteiger partial charge in [0.15, 0.2) is 0 Å². The maximum atomic E-state index is 12.8. The average Bonchev–Trinajstić information content (AvgIpc) is 2.63. The SMILES string of the molecule is CC[C@H](C)COC(=O)C(C)(N=C=S)C(C)(N=C=S)C(=O)OC[C@@H](C)CC. The number of carbonyl (C=O) groups is 2. The van der Waals surface area contributed by atoms with Crippen molar-refractivity contribution in [1.82, 2.24) is 0 Å². The molecule has 26 heavy (non-hydrogen) atoms. The molecule has 0 aromatic heterocycles. The minimum atomic E-state index is -1.76. The first kappa shape index (κ1) is 24.5. The second kappa shape index (κ2) is 11.3. The van der Waals surface area contributed by atoms with Gasteiger partial charge in [0, 0.05) is 0 Å². The molecule has 0 rings (SSSR count). The van der Waals surface area contributed by atoms with Crippen molar-refractivity contribution in [2.75, 3.05) is 13.2 Å². The first-order valence-corrected chi connectivity index (χ1v) is 9.46. The lowest BCUT2D eigenvalue weighted by atomic mass is 9.80. The van der Waals surface area contributed by atoms with Gasteiger partial charge in [0.2, 0.25) is 11.1 Å². The highest BCUT2D eigenvalue weighted by Gasteiger charge is 2.58. The van der Waals surface area contributed by atoms with E-state index in [0.717, 1.165) is 12.8 Å². The summed E-state index contributed by atoms with van der Waals surface area (Å²) in [6.07, 6.45) is 1.68. The molecule has 0 bridgehead atoms. The Morgan fingerprint density at radius 2 is 1.19 bits per heavy atom. The number of carbonyl (C=O) groups excluding carboxylic acids is 2. The number of thiocarbonyl (C=S) groups is 2. The molecule has 0 amide bonds. The number of aliphatic imine (C=N–C) groups is 2. The van der Waals surface area contributed by atoms with Crippen molar-refractivity contribution in [3.05, 3.63) is 0 Å².